The van der Waals surface area contributed by atoms with Crippen molar-refractivity contribution in [2.45, 2.75) is 58.4 Å². The topological polar surface area (TPSA) is 123 Å². The highest BCUT2D eigenvalue weighted by Gasteiger charge is 2.41. The molecule has 2 atom stereocenters. The number of piperidine rings is 1. The van der Waals surface area contributed by atoms with Gasteiger partial charge in [-0.3, -0.25) is 10.1 Å². The van der Waals surface area contributed by atoms with Crippen LogP contribution in [0.1, 0.15) is 46.1 Å². The molecule has 0 spiro atoms. The van der Waals surface area contributed by atoms with Crippen molar-refractivity contribution < 1.29 is 33.4 Å². The molecule has 0 radical (unpaired) electrons. The van der Waals surface area contributed by atoms with Crippen LogP contribution in [0.5, 0.6) is 0 Å². The normalized spacial score (nSPS) is 17.8. The van der Waals surface area contributed by atoms with Gasteiger partial charge in [-0.05, 0) is 46.1 Å². The van der Waals surface area contributed by atoms with Gasteiger partial charge in [-0.25, -0.2) is 14.4 Å². The van der Waals surface area contributed by atoms with E-state index in [-0.39, 0.29) is 13.2 Å². The van der Waals surface area contributed by atoms with Gasteiger partial charge in [0.15, 0.2) is 0 Å². The highest BCUT2D eigenvalue weighted by molar-refractivity contribution is 5.91. The predicted molar refractivity (Wildman–Crippen MR) is 119 cm³/mol. The van der Waals surface area contributed by atoms with Gasteiger partial charge in [-0.15, -0.1) is 0 Å². The molecule has 1 aromatic carbocycles. The first kappa shape index (κ1) is 26.0. The monoisotopic (exact) mass is 463 g/mol. The van der Waals surface area contributed by atoms with E-state index < -0.39 is 41.2 Å². The van der Waals surface area contributed by atoms with E-state index in [2.05, 4.69) is 10.6 Å². The first-order valence-electron chi connectivity index (χ1n) is 10.8. The molecule has 0 unspecified atom stereocenters. The predicted octanol–water partition coefficient (Wildman–Crippen LogP) is 2.57. The Balaban J connectivity index is 2.01. The van der Waals surface area contributed by atoms with E-state index in [1.165, 1.54) is 11.8 Å². The van der Waals surface area contributed by atoms with E-state index in [1.807, 2.05) is 6.07 Å². The Morgan fingerprint density at radius 3 is 2.33 bits per heavy atom. The number of esters is 1. The van der Waals surface area contributed by atoms with Crippen molar-refractivity contribution in [1.82, 2.24) is 15.5 Å². The number of benzene rings is 1. The third kappa shape index (κ3) is 7.96. The molecule has 1 fully saturated rings. The molecule has 2 N–H and O–H groups in total. The lowest BCUT2D eigenvalue weighted by Gasteiger charge is -2.35. The van der Waals surface area contributed by atoms with Gasteiger partial charge in [-0.1, -0.05) is 30.3 Å². The summed E-state index contributed by atoms with van der Waals surface area (Å²) in [4.78, 5) is 51.5. The maximum Gasteiger partial charge on any atom is 0.410 e. The third-order valence-corrected chi connectivity index (χ3v) is 4.98. The average Bonchev–Trinajstić information content (AvgIpc) is 2.76. The summed E-state index contributed by atoms with van der Waals surface area (Å²) in [6.07, 6.45) is -0.288. The zero-order valence-electron chi connectivity index (χ0n) is 19.8. The Kier molecular flexibility index (Phi) is 8.67. The van der Waals surface area contributed by atoms with Gasteiger partial charge >= 0.3 is 18.2 Å². The molecule has 2 rings (SSSR count). The first-order chi connectivity index (χ1) is 15.4. The molecule has 182 valence electrons. The number of ether oxygens (including phenoxy) is 3. The van der Waals surface area contributed by atoms with Gasteiger partial charge in [0.05, 0.1) is 13.0 Å². The molecular formula is C23H33N3O7. The maximum atomic E-state index is 13.0. The Bertz CT molecular complexity index is 853. The first-order valence-corrected chi connectivity index (χ1v) is 10.8. The van der Waals surface area contributed by atoms with Crippen LogP contribution in [0, 0.1) is 5.92 Å². The highest BCUT2D eigenvalue weighted by Crippen LogP contribution is 2.20. The van der Waals surface area contributed by atoms with Gasteiger partial charge in [0.2, 0.25) is 11.6 Å². The zero-order chi connectivity index (χ0) is 24.6. The lowest BCUT2D eigenvalue weighted by Crippen LogP contribution is -2.65. The molecule has 0 aromatic heterocycles. The summed E-state index contributed by atoms with van der Waals surface area (Å²) in [6, 6.07) is 9.02. The number of likely N-dealkylation sites (tertiary alicyclic amines) is 1. The molecule has 1 aliphatic rings. The summed E-state index contributed by atoms with van der Waals surface area (Å²) >= 11 is 0. The number of hydrogen-bond donors (Lipinski definition) is 2. The smallest absolute Gasteiger partial charge is 0.410 e. The van der Waals surface area contributed by atoms with Gasteiger partial charge in [0.1, 0.15) is 12.2 Å². The lowest BCUT2D eigenvalue weighted by atomic mass is 9.96. The van der Waals surface area contributed by atoms with E-state index in [0.717, 1.165) is 12.7 Å². The van der Waals surface area contributed by atoms with E-state index in [0.29, 0.717) is 19.4 Å². The van der Waals surface area contributed by atoms with Crippen LogP contribution >= 0.6 is 0 Å². The summed E-state index contributed by atoms with van der Waals surface area (Å²) in [5.74, 6) is -1.95. The number of amides is 3. The number of rotatable bonds is 6. The van der Waals surface area contributed by atoms with Crippen LogP contribution in [0.4, 0.5) is 9.59 Å². The SMILES string of the molecule is COC(=O)[C@](C)(NC(=O)OCc1ccccc1)NC(=O)[C@@H]1CCCN(C(=O)OC(C)(C)C)C1. The molecule has 0 saturated carbocycles. The summed E-state index contributed by atoms with van der Waals surface area (Å²) in [6.45, 7) is 7.21. The van der Waals surface area contributed by atoms with Crippen molar-refractivity contribution in [3.63, 3.8) is 0 Å². The molecule has 33 heavy (non-hydrogen) atoms. The molecule has 1 saturated heterocycles. The molecule has 3 amide bonds. The number of nitrogens with one attached hydrogen (secondary N) is 2. The second-order valence-corrected chi connectivity index (χ2v) is 9.06. The second-order valence-electron chi connectivity index (χ2n) is 9.06. The van der Waals surface area contributed by atoms with Gasteiger partial charge in [-0.2, -0.15) is 0 Å². The summed E-state index contributed by atoms with van der Waals surface area (Å²) in [5, 5.41) is 4.92. The molecular weight excluding hydrogens is 430 g/mol. The molecule has 10 heteroatoms. The van der Waals surface area contributed by atoms with Crippen LogP contribution in [0.2, 0.25) is 0 Å². The minimum atomic E-state index is -1.85. The van der Waals surface area contributed by atoms with Crippen LogP contribution in [-0.4, -0.2) is 60.4 Å². The lowest BCUT2D eigenvalue weighted by molar-refractivity contribution is -0.152. The Morgan fingerprint density at radius 1 is 1.06 bits per heavy atom. The summed E-state index contributed by atoms with van der Waals surface area (Å²) in [7, 11) is 1.15. The minimum absolute atomic E-state index is 0.00859. The molecule has 1 aliphatic heterocycles. The van der Waals surface area contributed by atoms with Gasteiger partial charge < -0.3 is 24.4 Å². The molecule has 0 aliphatic carbocycles. The molecule has 1 heterocycles. The second kappa shape index (κ2) is 11.0. The van der Waals surface area contributed by atoms with Crippen LogP contribution in [0.3, 0.4) is 0 Å². The highest BCUT2D eigenvalue weighted by atomic mass is 16.6. The largest absolute Gasteiger partial charge is 0.466 e. The summed E-state index contributed by atoms with van der Waals surface area (Å²) < 4.78 is 15.3. The average molecular weight is 464 g/mol. The Hall–Kier alpha value is -3.30. The molecule has 1 aromatic rings. The number of carbonyl (C=O) groups excluding carboxylic acids is 4. The standard InChI is InChI=1S/C23H33N3O7/c1-22(2,3)33-21(30)26-13-9-12-17(14-26)18(27)24-23(4,19(28)31-5)25-20(29)32-15-16-10-7-6-8-11-16/h6-8,10-11,17H,9,12-15H2,1-5H3,(H,24,27)(H,25,29)/t17-,23+/m1/s1. The Labute approximate surface area is 193 Å². The van der Waals surface area contributed by atoms with Crippen LogP contribution in [0.25, 0.3) is 0 Å². The quantitative estimate of drug-likeness (QED) is 0.378. The van der Waals surface area contributed by atoms with Gasteiger partial charge in [0, 0.05) is 13.1 Å². The fourth-order valence-corrected chi connectivity index (χ4v) is 3.33. The molecule has 0 bridgehead atoms. The molecule has 10 nitrogen and oxygen atoms in total. The van der Waals surface area contributed by atoms with Crippen LogP contribution < -0.4 is 10.6 Å². The number of alkyl carbamates (subject to hydrolysis) is 1. The van der Waals surface area contributed by atoms with E-state index in [1.54, 1.807) is 45.0 Å². The van der Waals surface area contributed by atoms with Crippen molar-refractivity contribution >= 4 is 24.1 Å². The van der Waals surface area contributed by atoms with E-state index in [4.69, 9.17) is 14.2 Å². The minimum Gasteiger partial charge on any atom is -0.466 e. The van der Waals surface area contributed by atoms with E-state index >= 15 is 0 Å². The van der Waals surface area contributed by atoms with Crippen molar-refractivity contribution in [3.05, 3.63) is 35.9 Å². The fourth-order valence-electron chi connectivity index (χ4n) is 3.33. The maximum absolute atomic E-state index is 13.0. The number of nitrogens with zero attached hydrogens (tertiary/aromatic N) is 1. The van der Waals surface area contributed by atoms with Crippen LogP contribution in [0.15, 0.2) is 30.3 Å². The van der Waals surface area contributed by atoms with Crippen molar-refractivity contribution in [2.24, 2.45) is 5.92 Å². The number of methoxy groups -OCH3 is 1. The van der Waals surface area contributed by atoms with E-state index in [9.17, 15) is 19.2 Å². The fraction of sp³-hybridized carbons (Fsp3) is 0.565. The van der Waals surface area contributed by atoms with Gasteiger partial charge in [0.25, 0.3) is 0 Å². The van der Waals surface area contributed by atoms with Crippen molar-refractivity contribution in [1.29, 1.82) is 0 Å². The zero-order valence-corrected chi connectivity index (χ0v) is 19.8. The Morgan fingerprint density at radius 2 is 1.73 bits per heavy atom. The third-order valence-electron chi connectivity index (χ3n) is 4.98. The number of hydrogen-bond acceptors (Lipinski definition) is 7. The summed E-state index contributed by atoms with van der Waals surface area (Å²) in [5.41, 5.74) is -1.74. The number of carbonyl (C=O) groups is 4. The van der Waals surface area contributed by atoms with Crippen molar-refractivity contribution in [2.75, 3.05) is 20.2 Å². The van der Waals surface area contributed by atoms with Crippen molar-refractivity contribution in [3.8, 4) is 0 Å². The van der Waals surface area contributed by atoms with Crippen LogP contribution in [-0.2, 0) is 30.4 Å².